The Labute approximate surface area is 68.0 Å². The Hall–Kier alpha value is -0.120. The van der Waals surface area contributed by atoms with Crippen LogP contribution in [0.4, 0.5) is 0 Å². The molecule has 3 heteroatoms. The van der Waals surface area contributed by atoms with Gasteiger partial charge in [0.1, 0.15) is 0 Å². The maximum Gasteiger partial charge on any atom is 0.0753 e. The summed E-state index contributed by atoms with van der Waals surface area (Å²) in [7, 11) is 2.02. The first-order chi connectivity index (χ1) is 5.05. The molecule has 1 heterocycles. The van der Waals surface area contributed by atoms with Crippen LogP contribution in [0.3, 0.4) is 0 Å². The third kappa shape index (κ3) is 2.15. The van der Waals surface area contributed by atoms with Crippen LogP contribution in [-0.4, -0.2) is 48.5 Å². The molecular formula is C8H17NO2. The van der Waals surface area contributed by atoms with E-state index in [-0.39, 0.29) is 18.2 Å². The molecule has 66 valence electrons. The number of ether oxygens (including phenoxy) is 1. The fraction of sp³-hybridized carbons (Fsp3) is 1.00. The second kappa shape index (κ2) is 3.09. The maximum absolute atomic E-state index is 8.91. The lowest BCUT2D eigenvalue weighted by molar-refractivity contribution is -0.115. The van der Waals surface area contributed by atoms with Crippen LogP contribution in [-0.2, 0) is 4.74 Å². The third-order valence-corrected chi connectivity index (χ3v) is 2.13. The van der Waals surface area contributed by atoms with Crippen LogP contribution in [0.25, 0.3) is 0 Å². The molecule has 1 saturated heterocycles. The number of likely N-dealkylation sites (N-methyl/N-ethyl adjacent to an activating group) is 1. The van der Waals surface area contributed by atoms with Crippen LogP contribution in [0, 0.1) is 0 Å². The van der Waals surface area contributed by atoms with Crippen molar-refractivity contribution in [2.24, 2.45) is 0 Å². The van der Waals surface area contributed by atoms with Crippen molar-refractivity contribution in [3.8, 4) is 0 Å². The molecule has 1 rings (SSSR count). The number of nitrogens with zero attached hydrogens (tertiary/aromatic N) is 1. The van der Waals surface area contributed by atoms with E-state index in [1.807, 2.05) is 7.05 Å². The number of hydrogen-bond donors (Lipinski definition) is 1. The van der Waals surface area contributed by atoms with E-state index < -0.39 is 0 Å². The van der Waals surface area contributed by atoms with Gasteiger partial charge in [0.2, 0.25) is 0 Å². The molecule has 0 aromatic carbocycles. The minimum absolute atomic E-state index is 0.0551. The van der Waals surface area contributed by atoms with Gasteiger partial charge in [-0.25, -0.2) is 0 Å². The highest BCUT2D eigenvalue weighted by atomic mass is 16.5. The Kier molecular flexibility index (Phi) is 2.52. The quantitative estimate of drug-likeness (QED) is 0.588. The molecule has 1 atom stereocenters. The summed E-state index contributed by atoms with van der Waals surface area (Å²) in [5.41, 5.74) is -0.0551. The average Bonchev–Trinajstić information content (AvgIpc) is 1.86. The highest BCUT2D eigenvalue weighted by Gasteiger charge is 2.30. The van der Waals surface area contributed by atoms with Crippen molar-refractivity contribution in [1.82, 2.24) is 4.90 Å². The monoisotopic (exact) mass is 159 g/mol. The van der Waals surface area contributed by atoms with Crippen molar-refractivity contribution in [2.45, 2.75) is 25.5 Å². The van der Waals surface area contributed by atoms with E-state index in [4.69, 9.17) is 9.84 Å². The van der Waals surface area contributed by atoms with Crippen molar-refractivity contribution in [3.05, 3.63) is 0 Å². The van der Waals surface area contributed by atoms with Gasteiger partial charge in [-0.15, -0.1) is 0 Å². The first-order valence-corrected chi connectivity index (χ1v) is 4.00. The Morgan fingerprint density at radius 3 is 2.73 bits per heavy atom. The van der Waals surface area contributed by atoms with E-state index in [0.717, 1.165) is 6.54 Å². The Morgan fingerprint density at radius 1 is 1.64 bits per heavy atom. The second-order valence-corrected chi connectivity index (χ2v) is 3.82. The second-order valence-electron chi connectivity index (χ2n) is 3.82. The predicted octanol–water partition coefficient (Wildman–Crippen LogP) is 0.0879. The Bertz CT molecular complexity index is 136. The van der Waals surface area contributed by atoms with Gasteiger partial charge in [-0.3, -0.25) is 4.90 Å². The highest BCUT2D eigenvalue weighted by molar-refractivity contribution is 4.82. The van der Waals surface area contributed by atoms with Gasteiger partial charge in [-0.2, -0.15) is 0 Å². The van der Waals surface area contributed by atoms with Crippen LogP contribution in [0.5, 0.6) is 0 Å². The van der Waals surface area contributed by atoms with Crippen LogP contribution in [0.15, 0.2) is 0 Å². The number of morpholine rings is 1. The zero-order valence-corrected chi connectivity index (χ0v) is 7.50. The zero-order valence-electron chi connectivity index (χ0n) is 7.50. The fourth-order valence-electron chi connectivity index (χ4n) is 1.42. The van der Waals surface area contributed by atoms with Crippen molar-refractivity contribution in [2.75, 3.05) is 26.8 Å². The molecule has 1 aliphatic heterocycles. The van der Waals surface area contributed by atoms with Crippen LogP contribution in [0.2, 0.25) is 0 Å². The van der Waals surface area contributed by atoms with E-state index in [0.29, 0.717) is 6.61 Å². The molecule has 3 nitrogen and oxygen atoms in total. The van der Waals surface area contributed by atoms with Crippen molar-refractivity contribution in [3.63, 3.8) is 0 Å². The van der Waals surface area contributed by atoms with Crippen LogP contribution < -0.4 is 0 Å². The lowest BCUT2D eigenvalue weighted by atomic mass is 10.1. The van der Waals surface area contributed by atoms with E-state index in [1.165, 1.54) is 0 Å². The van der Waals surface area contributed by atoms with Crippen LogP contribution >= 0.6 is 0 Å². The van der Waals surface area contributed by atoms with E-state index in [1.54, 1.807) is 0 Å². The molecule has 0 aliphatic carbocycles. The minimum Gasteiger partial charge on any atom is -0.395 e. The largest absolute Gasteiger partial charge is 0.395 e. The van der Waals surface area contributed by atoms with Crippen molar-refractivity contribution < 1.29 is 9.84 Å². The number of aliphatic hydroxyl groups excluding tert-OH is 1. The summed E-state index contributed by atoms with van der Waals surface area (Å²) in [4.78, 5) is 2.14. The molecule has 1 aliphatic rings. The number of rotatable bonds is 1. The van der Waals surface area contributed by atoms with Gasteiger partial charge in [-0.1, -0.05) is 0 Å². The molecule has 0 bridgehead atoms. The van der Waals surface area contributed by atoms with Gasteiger partial charge in [0.15, 0.2) is 0 Å². The molecule has 0 saturated carbocycles. The molecule has 0 unspecified atom stereocenters. The van der Waals surface area contributed by atoms with E-state index >= 15 is 0 Å². The van der Waals surface area contributed by atoms with Gasteiger partial charge in [0.25, 0.3) is 0 Å². The SMILES string of the molecule is CN1CC(C)(C)OC[C@H]1CO. The van der Waals surface area contributed by atoms with Gasteiger partial charge in [0.05, 0.1) is 24.9 Å². The Morgan fingerprint density at radius 2 is 2.27 bits per heavy atom. The standard InChI is InChI=1S/C8H17NO2/c1-8(2)6-9(3)7(4-10)5-11-8/h7,10H,4-6H2,1-3H3/t7-/m1/s1. The summed E-state index contributed by atoms with van der Waals surface area (Å²) < 4.78 is 5.54. The highest BCUT2D eigenvalue weighted by Crippen LogP contribution is 2.18. The molecule has 0 radical (unpaired) electrons. The summed E-state index contributed by atoms with van der Waals surface area (Å²) in [6.45, 7) is 5.85. The molecule has 1 fully saturated rings. The van der Waals surface area contributed by atoms with Gasteiger partial charge >= 0.3 is 0 Å². The lowest BCUT2D eigenvalue weighted by Crippen LogP contribution is -2.53. The first-order valence-electron chi connectivity index (χ1n) is 4.00. The minimum atomic E-state index is -0.0551. The molecule has 0 aromatic rings. The van der Waals surface area contributed by atoms with Crippen LogP contribution in [0.1, 0.15) is 13.8 Å². The predicted molar refractivity (Wildman–Crippen MR) is 43.5 cm³/mol. The van der Waals surface area contributed by atoms with Gasteiger partial charge in [-0.05, 0) is 20.9 Å². The summed E-state index contributed by atoms with van der Waals surface area (Å²) in [6, 6.07) is 0.183. The number of hydrogen-bond acceptors (Lipinski definition) is 3. The molecule has 0 aromatic heterocycles. The molecule has 0 amide bonds. The molecule has 11 heavy (non-hydrogen) atoms. The van der Waals surface area contributed by atoms with E-state index in [9.17, 15) is 0 Å². The average molecular weight is 159 g/mol. The summed E-state index contributed by atoms with van der Waals surface area (Å²) in [5, 5.41) is 8.91. The van der Waals surface area contributed by atoms with Gasteiger partial charge in [0, 0.05) is 6.54 Å². The van der Waals surface area contributed by atoms with Gasteiger partial charge < -0.3 is 9.84 Å². The summed E-state index contributed by atoms with van der Waals surface area (Å²) in [6.07, 6.45) is 0. The normalized spacial score (nSPS) is 32.2. The fourth-order valence-corrected chi connectivity index (χ4v) is 1.42. The molecule has 1 N–H and O–H groups in total. The maximum atomic E-state index is 8.91. The smallest absolute Gasteiger partial charge is 0.0753 e. The summed E-state index contributed by atoms with van der Waals surface area (Å²) >= 11 is 0. The Balaban J connectivity index is 2.48. The lowest BCUT2D eigenvalue weighted by Gasteiger charge is -2.41. The molecular weight excluding hydrogens is 142 g/mol. The molecule has 0 spiro atoms. The first kappa shape index (κ1) is 8.97. The topological polar surface area (TPSA) is 32.7 Å². The zero-order chi connectivity index (χ0) is 8.48. The van der Waals surface area contributed by atoms with Crippen molar-refractivity contribution in [1.29, 1.82) is 0 Å². The summed E-state index contributed by atoms with van der Waals surface area (Å²) in [5.74, 6) is 0. The van der Waals surface area contributed by atoms with Crippen molar-refractivity contribution >= 4 is 0 Å². The third-order valence-electron chi connectivity index (χ3n) is 2.13. The van der Waals surface area contributed by atoms with E-state index in [2.05, 4.69) is 18.7 Å². The number of aliphatic hydroxyl groups is 1.